The van der Waals surface area contributed by atoms with Gasteiger partial charge in [-0.3, -0.25) is 4.79 Å². The van der Waals surface area contributed by atoms with E-state index in [9.17, 15) is 9.18 Å². The first-order valence-electron chi connectivity index (χ1n) is 10.5. The third kappa shape index (κ3) is 4.63. The molecule has 1 aromatic carbocycles. The third-order valence-electron chi connectivity index (χ3n) is 5.65. The van der Waals surface area contributed by atoms with Crippen LogP contribution in [0.5, 0.6) is 0 Å². The molecule has 8 nitrogen and oxygen atoms in total. The highest BCUT2D eigenvalue weighted by Gasteiger charge is 2.23. The molecule has 0 bridgehead atoms. The SMILES string of the molecule is CSc1nnc(CCCNC(=O)c2nnn(-c3ccc(F)cc3)c2C)n1C1CCCC1. The zero-order valence-electron chi connectivity index (χ0n) is 17.7. The summed E-state index contributed by atoms with van der Waals surface area (Å²) >= 11 is 1.63. The minimum Gasteiger partial charge on any atom is -0.351 e. The maximum absolute atomic E-state index is 13.1. The summed E-state index contributed by atoms with van der Waals surface area (Å²) in [5.41, 5.74) is 1.53. The Kier molecular flexibility index (Phi) is 6.64. The van der Waals surface area contributed by atoms with Crippen molar-refractivity contribution in [1.29, 1.82) is 0 Å². The molecule has 2 heterocycles. The molecule has 1 aliphatic carbocycles. The zero-order chi connectivity index (χ0) is 21.8. The normalized spacial score (nSPS) is 14.3. The van der Waals surface area contributed by atoms with Crippen LogP contribution in [0.25, 0.3) is 5.69 Å². The Labute approximate surface area is 184 Å². The second-order valence-electron chi connectivity index (χ2n) is 7.68. The number of nitrogens with one attached hydrogen (secondary N) is 1. The highest BCUT2D eigenvalue weighted by Crippen LogP contribution is 2.33. The molecule has 4 rings (SSSR count). The van der Waals surface area contributed by atoms with Crippen LogP contribution in [0.3, 0.4) is 0 Å². The van der Waals surface area contributed by atoms with Crippen molar-refractivity contribution in [3.05, 3.63) is 47.3 Å². The van der Waals surface area contributed by atoms with Crippen molar-refractivity contribution in [1.82, 2.24) is 35.1 Å². The Balaban J connectivity index is 1.34. The molecule has 0 saturated heterocycles. The second-order valence-corrected chi connectivity index (χ2v) is 8.46. The summed E-state index contributed by atoms with van der Waals surface area (Å²) in [7, 11) is 0. The van der Waals surface area contributed by atoms with Gasteiger partial charge in [0.25, 0.3) is 5.91 Å². The Morgan fingerprint density at radius 3 is 2.65 bits per heavy atom. The van der Waals surface area contributed by atoms with E-state index in [1.807, 2.05) is 6.26 Å². The first-order chi connectivity index (χ1) is 15.1. The zero-order valence-corrected chi connectivity index (χ0v) is 18.5. The Bertz CT molecular complexity index is 1040. The molecule has 0 atom stereocenters. The number of hydrogen-bond donors (Lipinski definition) is 1. The third-order valence-corrected chi connectivity index (χ3v) is 6.29. The van der Waals surface area contributed by atoms with E-state index in [1.54, 1.807) is 30.8 Å². The van der Waals surface area contributed by atoms with Crippen LogP contribution in [0.4, 0.5) is 4.39 Å². The molecular formula is C21H26FN7OS. The fraction of sp³-hybridized carbons (Fsp3) is 0.476. The van der Waals surface area contributed by atoms with Gasteiger partial charge in [0, 0.05) is 19.0 Å². The van der Waals surface area contributed by atoms with E-state index in [-0.39, 0.29) is 17.4 Å². The van der Waals surface area contributed by atoms with Gasteiger partial charge in [-0.2, -0.15) is 0 Å². The molecule has 1 saturated carbocycles. The first-order valence-corrected chi connectivity index (χ1v) is 11.7. The van der Waals surface area contributed by atoms with Crippen molar-refractivity contribution in [2.24, 2.45) is 0 Å². The molecule has 3 aromatic rings. The van der Waals surface area contributed by atoms with Gasteiger partial charge in [-0.25, -0.2) is 9.07 Å². The highest BCUT2D eigenvalue weighted by molar-refractivity contribution is 7.98. The lowest BCUT2D eigenvalue weighted by molar-refractivity contribution is 0.0947. The number of benzene rings is 1. The molecule has 31 heavy (non-hydrogen) atoms. The number of carbonyl (C=O) groups excluding carboxylic acids is 1. The van der Waals surface area contributed by atoms with Gasteiger partial charge in [-0.1, -0.05) is 29.8 Å². The van der Waals surface area contributed by atoms with Crippen molar-refractivity contribution in [3.63, 3.8) is 0 Å². The maximum atomic E-state index is 13.1. The first kappa shape index (κ1) is 21.5. The van der Waals surface area contributed by atoms with Crippen LogP contribution in [0, 0.1) is 12.7 Å². The summed E-state index contributed by atoms with van der Waals surface area (Å²) < 4.78 is 17.0. The minimum absolute atomic E-state index is 0.267. The molecule has 1 fully saturated rings. The second kappa shape index (κ2) is 9.59. The summed E-state index contributed by atoms with van der Waals surface area (Å²) in [4.78, 5) is 12.6. The van der Waals surface area contributed by atoms with Crippen LogP contribution < -0.4 is 5.32 Å². The van der Waals surface area contributed by atoms with E-state index in [1.165, 1.54) is 42.5 Å². The van der Waals surface area contributed by atoms with Crippen LogP contribution in [-0.2, 0) is 6.42 Å². The Hall–Kier alpha value is -2.75. The van der Waals surface area contributed by atoms with E-state index in [0.717, 1.165) is 23.8 Å². The van der Waals surface area contributed by atoms with Crippen LogP contribution in [0.15, 0.2) is 29.4 Å². The average Bonchev–Trinajstić information content (AvgIpc) is 3.51. The molecule has 1 aliphatic rings. The molecule has 10 heteroatoms. The summed E-state index contributed by atoms with van der Waals surface area (Å²) in [6.07, 6.45) is 8.41. The number of rotatable bonds is 8. The molecule has 0 spiro atoms. The molecule has 1 N–H and O–H groups in total. The fourth-order valence-corrected chi connectivity index (χ4v) is 4.62. The van der Waals surface area contributed by atoms with Crippen molar-refractivity contribution < 1.29 is 9.18 Å². The maximum Gasteiger partial charge on any atom is 0.273 e. The van der Waals surface area contributed by atoms with Crippen molar-refractivity contribution in [3.8, 4) is 5.69 Å². The molecular weight excluding hydrogens is 417 g/mol. The molecule has 0 aliphatic heterocycles. The van der Waals surface area contributed by atoms with Gasteiger partial charge in [0.2, 0.25) is 0 Å². The average molecular weight is 444 g/mol. The van der Waals surface area contributed by atoms with Gasteiger partial charge in [-0.15, -0.1) is 15.3 Å². The largest absolute Gasteiger partial charge is 0.351 e. The quantitative estimate of drug-likeness (QED) is 0.423. The smallest absolute Gasteiger partial charge is 0.273 e. The van der Waals surface area contributed by atoms with Gasteiger partial charge in [0.1, 0.15) is 11.6 Å². The van der Waals surface area contributed by atoms with Gasteiger partial charge >= 0.3 is 0 Å². The van der Waals surface area contributed by atoms with Crippen LogP contribution in [0.1, 0.15) is 60.2 Å². The number of hydrogen-bond acceptors (Lipinski definition) is 6. The van der Waals surface area contributed by atoms with Crippen LogP contribution >= 0.6 is 11.8 Å². The molecule has 164 valence electrons. The lowest BCUT2D eigenvalue weighted by Crippen LogP contribution is -2.26. The van der Waals surface area contributed by atoms with Crippen molar-refractivity contribution in [2.45, 2.75) is 56.6 Å². The predicted octanol–water partition coefficient (Wildman–Crippen LogP) is 3.51. The number of nitrogens with zero attached hydrogens (tertiary/aromatic N) is 6. The molecule has 2 aromatic heterocycles. The number of carbonyl (C=O) groups is 1. The van der Waals surface area contributed by atoms with E-state index in [4.69, 9.17) is 0 Å². The topological polar surface area (TPSA) is 90.5 Å². The van der Waals surface area contributed by atoms with E-state index in [2.05, 4.69) is 30.4 Å². The molecule has 0 unspecified atom stereocenters. The number of halogens is 1. The van der Waals surface area contributed by atoms with Crippen molar-refractivity contribution in [2.75, 3.05) is 12.8 Å². The van der Waals surface area contributed by atoms with Gasteiger partial charge in [0.05, 0.1) is 11.4 Å². The number of aryl methyl sites for hydroxylation is 1. The van der Waals surface area contributed by atoms with Crippen molar-refractivity contribution >= 4 is 17.7 Å². The van der Waals surface area contributed by atoms with E-state index < -0.39 is 0 Å². The number of amides is 1. The highest BCUT2D eigenvalue weighted by atomic mass is 32.2. The van der Waals surface area contributed by atoms with E-state index in [0.29, 0.717) is 24.0 Å². The fourth-order valence-electron chi connectivity index (χ4n) is 4.04. The Morgan fingerprint density at radius 1 is 1.19 bits per heavy atom. The number of aromatic nitrogens is 6. The Morgan fingerprint density at radius 2 is 1.94 bits per heavy atom. The summed E-state index contributed by atoms with van der Waals surface area (Å²) in [6.45, 7) is 2.28. The lowest BCUT2D eigenvalue weighted by Gasteiger charge is -2.16. The van der Waals surface area contributed by atoms with Crippen LogP contribution in [-0.4, -0.2) is 48.5 Å². The summed E-state index contributed by atoms with van der Waals surface area (Å²) in [5, 5.41) is 20.7. The lowest BCUT2D eigenvalue weighted by atomic mass is 10.2. The minimum atomic E-state index is -0.326. The monoisotopic (exact) mass is 443 g/mol. The van der Waals surface area contributed by atoms with Gasteiger partial charge in [-0.05, 0) is 56.7 Å². The summed E-state index contributed by atoms with van der Waals surface area (Å²) in [5.74, 6) is 0.393. The van der Waals surface area contributed by atoms with Gasteiger partial charge < -0.3 is 9.88 Å². The molecule has 1 amide bonds. The summed E-state index contributed by atoms with van der Waals surface area (Å²) in [6, 6.07) is 6.39. The molecule has 0 radical (unpaired) electrons. The van der Waals surface area contributed by atoms with Gasteiger partial charge in [0.15, 0.2) is 10.9 Å². The number of thioether (sulfide) groups is 1. The van der Waals surface area contributed by atoms with Crippen LogP contribution in [0.2, 0.25) is 0 Å². The van der Waals surface area contributed by atoms with E-state index >= 15 is 0 Å². The predicted molar refractivity (Wildman–Crippen MR) is 116 cm³/mol. The standard InChI is InChI=1S/C21H26FN7OS/c1-14-19(25-27-29(14)17-11-9-15(22)10-12-17)20(30)23-13-5-8-18-24-26-21(31-2)28(18)16-6-3-4-7-16/h9-12,16H,3-8,13H2,1-2H3,(H,23,30).